The van der Waals surface area contributed by atoms with Crippen LogP contribution in [0.1, 0.15) is 72.3 Å². The highest BCUT2D eigenvalue weighted by Crippen LogP contribution is 2.48. The Morgan fingerprint density at radius 1 is 0.370 bits per heavy atom. The van der Waals surface area contributed by atoms with Crippen LogP contribution in [0.15, 0.2) is 18.2 Å². The number of hydrogen-bond acceptors (Lipinski definition) is 9. The van der Waals surface area contributed by atoms with Gasteiger partial charge in [-0.1, -0.05) is 0 Å². The molecule has 264 valence electrons. The van der Waals surface area contributed by atoms with Gasteiger partial charge in [-0.2, -0.15) is 100 Å². The third-order valence-corrected chi connectivity index (χ3v) is 7.18. The number of nitriles is 9. The number of rotatable bonds is 2. The summed E-state index contributed by atoms with van der Waals surface area (Å²) in [6, 6.07) is 9.30. The molecule has 0 heterocycles. The number of halogens is 12. The van der Waals surface area contributed by atoms with Crippen molar-refractivity contribution in [3.8, 4) is 54.6 Å². The van der Waals surface area contributed by atoms with Gasteiger partial charge in [-0.05, 0) is 18.2 Å². The summed E-state index contributed by atoms with van der Waals surface area (Å²) in [4.78, 5) is 0. The lowest BCUT2D eigenvalue weighted by molar-refractivity contribution is -0.162. The first-order valence-corrected chi connectivity index (χ1v) is 13.3. The Kier molecular flexibility index (Phi) is 10.4. The van der Waals surface area contributed by atoms with Crippen LogP contribution in [0.3, 0.4) is 0 Å². The second kappa shape index (κ2) is 13.9. The summed E-state index contributed by atoms with van der Waals surface area (Å²) in [5.41, 5.74) is -29.4. The minimum Gasteiger partial charge on any atom is -0.192 e. The van der Waals surface area contributed by atoms with Crippen LogP contribution in [0.4, 0.5) is 52.7 Å². The summed E-state index contributed by atoms with van der Waals surface area (Å²) in [5.74, 6) is 0. The molecule has 21 heteroatoms. The van der Waals surface area contributed by atoms with Crippen molar-refractivity contribution in [2.75, 3.05) is 0 Å². The first-order chi connectivity index (χ1) is 25.0. The third kappa shape index (κ3) is 6.71. The van der Waals surface area contributed by atoms with E-state index in [-0.39, 0.29) is 18.2 Å². The lowest BCUT2D eigenvalue weighted by atomic mass is 9.83. The van der Waals surface area contributed by atoms with Crippen LogP contribution in [0.25, 0.3) is 11.1 Å². The van der Waals surface area contributed by atoms with E-state index in [2.05, 4.69) is 0 Å². The smallest absolute Gasteiger partial charge is 0.192 e. The topological polar surface area (TPSA) is 214 Å². The van der Waals surface area contributed by atoms with E-state index >= 15 is 0 Å². The summed E-state index contributed by atoms with van der Waals surface area (Å²) in [6.07, 6.45) is -24.4. The zero-order chi connectivity index (χ0) is 41.3. The fourth-order valence-electron chi connectivity index (χ4n) is 5.34. The van der Waals surface area contributed by atoms with Crippen LogP contribution in [-0.4, -0.2) is 0 Å². The average Bonchev–Trinajstić information content (AvgIpc) is 3.09. The van der Waals surface area contributed by atoms with Gasteiger partial charge in [0.2, 0.25) is 0 Å². The van der Waals surface area contributed by atoms with Gasteiger partial charge >= 0.3 is 24.7 Å². The number of alkyl halides is 12. The molecule has 0 spiro atoms. The molecular formula is C33H3F12N9. The first-order valence-electron chi connectivity index (χ1n) is 13.3. The molecule has 0 bridgehead atoms. The second-order valence-electron chi connectivity index (χ2n) is 10.0. The largest absolute Gasteiger partial charge is 0.418 e. The Balaban J connectivity index is 3.02. The molecule has 0 N–H and O–H groups in total. The first kappa shape index (κ1) is 40.4. The molecule has 9 nitrogen and oxygen atoms in total. The van der Waals surface area contributed by atoms with Gasteiger partial charge in [0.1, 0.15) is 24.3 Å². The highest BCUT2D eigenvalue weighted by atomic mass is 19.4. The van der Waals surface area contributed by atoms with Crippen molar-refractivity contribution in [3.63, 3.8) is 0 Å². The standard InChI is InChI=1S/C33H3F12N9/c34-30(35,36)26-16(7-49)1-13(4-46)24(28(26)32(40,41)42)20(10-52)18-3-15(6-48)23(21(11-53)19(18)9-51)22(12-54)25-14(5-47)2-17(8-50)27(31(37,38)39)29(25)33(43,44)45/h1-3H/b20-18+,23-22+. The SMILES string of the molecule is N#C/C(c1c(C#N)cc(C#N)c(C(F)(F)F)c1C(F)(F)F)=c1/cc(C#N)/c(=C(/C#N)c2c(C#N)cc(C#N)c(C(F)(F)F)c2C(F)(F)F)c(C#N)c1C#N. The van der Waals surface area contributed by atoms with E-state index < -0.39 is 119 Å². The Labute approximate surface area is 291 Å². The maximum absolute atomic E-state index is 14.5. The van der Waals surface area contributed by atoms with Gasteiger partial charge in [0, 0.05) is 21.6 Å². The molecule has 54 heavy (non-hydrogen) atoms. The number of benzene rings is 3. The van der Waals surface area contributed by atoms with Gasteiger partial charge in [-0.25, -0.2) is 0 Å². The quantitative estimate of drug-likeness (QED) is 0.268. The minimum atomic E-state index is -6.19. The molecule has 0 atom stereocenters. The summed E-state index contributed by atoms with van der Waals surface area (Å²) in [7, 11) is 0. The zero-order valence-electron chi connectivity index (χ0n) is 25.3. The molecule has 0 radical (unpaired) electrons. The molecule has 0 aromatic heterocycles. The van der Waals surface area contributed by atoms with Crippen LogP contribution < -0.4 is 10.4 Å². The van der Waals surface area contributed by atoms with E-state index in [0.717, 1.165) is 54.6 Å². The lowest BCUT2D eigenvalue weighted by Gasteiger charge is -2.22. The minimum absolute atomic E-state index is 0.00561. The van der Waals surface area contributed by atoms with E-state index in [4.69, 9.17) is 0 Å². The van der Waals surface area contributed by atoms with Crippen molar-refractivity contribution < 1.29 is 52.7 Å². The fraction of sp³-hybridized carbons (Fsp3) is 0.121. The van der Waals surface area contributed by atoms with Gasteiger partial charge in [-0.3, -0.25) is 0 Å². The van der Waals surface area contributed by atoms with Crippen molar-refractivity contribution in [2.24, 2.45) is 0 Å². The molecule has 0 fully saturated rings. The maximum atomic E-state index is 14.5. The molecule has 0 amide bonds. The summed E-state index contributed by atoms with van der Waals surface area (Å²) >= 11 is 0. The van der Waals surface area contributed by atoms with E-state index in [1.807, 2.05) is 0 Å². The third-order valence-electron chi connectivity index (χ3n) is 7.18. The Morgan fingerprint density at radius 2 is 0.704 bits per heavy atom. The fourth-order valence-corrected chi connectivity index (χ4v) is 5.34. The molecule has 3 rings (SSSR count). The van der Waals surface area contributed by atoms with Crippen molar-refractivity contribution >= 4 is 11.1 Å². The molecule has 0 aliphatic rings. The molecule has 0 aliphatic heterocycles. The van der Waals surface area contributed by atoms with Gasteiger partial charge < -0.3 is 0 Å². The average molecular weight is 753 g/mol. The van der Waals surface area contributed by atoms with Crippen LogP contribution >= 0.6 is 0 Å². The molecule has 3 aromatic rings. The summed E-state index contributed by atoms with van der Waals surface area (Å²) in [6.45, 7) is 0. The highest BCUT2D eigenvalue weighted by Gasteiger charge is 2.50. The van der Waals surface area contributed by atoms with Gasteiger partial charge in [0.05, 0.1) is 103 Å². The van der Waals surface area contributed by atoms with Crippen molar-refractivity contribution in [3.05, 3.63) is 101 Å². The second-order valence-corrected chi connectivity index (χ2v) is 10.0. The number of nitrogens with zero attached hydrogens (tertiary/aromatic N) is 9. The Hall–Kier alpha value is -8.03. The predicted octanol–water partition coefficient (Wildman–Crippen LogP) is 6.31. The van der Waals surface area contributed by atoms with Crippen LogP contribution in [0.2, 0.25) is 0 Å². The maximum Gasteiger partial charge on any atom is 0.418 e. The number of hydrogen-bond donors (Lipinski definition) is 0. The monoisotopic (exact) mass is 753 g/mol. The van der Waals surface area contributed by atoms with Crippen molar-refractivity contribution in [2.45, 2.75) is 24.7 Å². The van der Waals surface area contributed by atoms with Crippen LogP contribution in [0.5, 0.6) is 0 Å². The van der Waals surface area contributed by atoms with Gasteiger partial charge in [-0.15, -0.1) is 0 Å². The Morgan fingerprint density at radius 3 is 0.981 bits per heavy atom. The van der Waals surface area contributed by atoms with E-state index in [9.17, 15) is 100 Å². The van der Waals surface area contributed by atoms with Crippen LogP contribution in [0, 0.1) is 102 Å². The molecule has 3 aromatic carbocycles. The predicted molar refractivity (Wildman–Crippen MR) is 148 cm³/mol. The van der Waals surface area contributed by atoms with E-state index in [0.29, 0.717) is 0 Å². The molecule has 0 saturated carbocycles. The molecular weight excluding hydrogens is 750 g/mol. The van der Waals surface area contributed by atoms with Crippen LogP contribution in [-0.2, 0) is 24.7 Å². The highest BCUT2D eigenvalue weighted by molar-refractivity contribution is 5.88. The summed E-state index contributed by atoms with van der Waals surface area (Å²) in [5, 5.41) is 85.0. The van der Waals surface area contributed by atoms with Crippen molar-refractivity contribution in [1.82, 2.24) is 0 Å². The summed E-state index contributed by atoms with van der Waals surface area (Å²) < 4.78 is 171. The molecule has 0 saturated heterocycles. The van der Waals surface area contributed by atoms with E-state index in [1.54, 1.807) is 0 Å². The lowest BCUT2D eigenvalue weighted by Crippen LogP contribution is -2.29. The van der Waals surface area contributed by atoms with E-state index in [1.165, 1.54) is 0 Å². The zero-order valence-corrected chi connectivity index (χ0v) is 25.3. The van der Waals surface area contributed by atoms with Gasteiger partial charge in [0.25, 0.3) is 0 Å². The van der Waals surface area contributed by atoms with Gasteiger partial charge in [0.15, 0.2) is 0 Å². The molecule has 0 unspecified atom stereocenters. The Bertz CT molecular complexity index is 2710. The molecule has 0 aliphatic carbocycles. The van der Waals surface area contributed by atoms with Crippen molar-refractivity contribution in [1.29, 1.82) is 47.4 Å². The normalized spacial score (nSPS) is 12.5.